The molecule has 2 N–H and O–H groups in total. The monoisotopic (exact) mass is 689 g/mol. The maximum Gasteiger partial charge on any atom is 0.255 e. The van der Waals surface area contributed by atoms with Crippen LogP contribution in [0, 0.1) is 0 Å². The van der Waals surface area contributed by atoms with Gasteiger partial charge in [0, 0.05) is 31.6 Å². The quantitative estimate of drug-likeness (QED) is 0.270. The highest BCUT2D eigenvalue weighted by atomic mass is 32.2. The summed E-state index contributed by atoms with van der Waals surface area (Å²) in [5.41, 5.74) is 0.485. The van der Waals surface area contributed by atoms with Crippen LogP contribution in [0.5, 0.6) is 11.5 Å². The normalized spacial score (nSPS) is 11.6. The Balaban J connectivity index is 0.000000353. The number of sulfone groups is 1. The number of primary sulfonamides is 1. The van der Waals surface area contributed by atoms with Crippen LogP contribution < -0.4 is 14.6 Å². The molecule has 0 bridgehead atoms. The minimum Gasteiger partial charge on any atom is -0.495 e. The van der Waals surface area contributed by atoms with Gasteiger partial charge in [0.25, 0.3) is 11.8 Å². The summed E-state index contributed by atoms with van der Waals surface area (Å²) >= 11 is 0. The lowest BCUT2D eigenvalue weighted by Gasteiger charge is -2.27. The first-order valence-electron chi connectivity index (χ1n) is 15.3. The average molecular weight is 690 g/mol. The number of hydrogen-bond donors (Lipinski definition) is 1. The summed E-state index contributed by atoms with van der Waals surface area (Å²) in [6.45, 7) is 13.1. The molecule has 13 heteroatoms. The van der Waals surface area contributed by atoms with E-state index in [0.717, 1.165) is 5.56 Å². The van der Waals surface area contributed by atoms with E-state index in [1.165, 1.54) is 31.3 Å². The number of nitrogens with zero attached hydrogens (tertiary/aromatic N) is 2. The number of methoxy groups -OCH3 is 2. The molecule has 0 saturated heterocycles. The van der Waals surface area contributed by atoms with Crippen molar-refractivity contribution in [3.8, 4) is 11.5 Å². The summed E-state index contributed by atoms with van der Waals surface area (Å²) in [5, 5.41) is 5.18. The van der Waals surface area contributed by atoms with Crippen LogP contribution in [0.4, 0.5) is 0 Å². The third-order valence-corrected chi connectivity index (χ3v) is 10.8. The van der Waals surface area contributed by atoms with E-state index in [0.29, 0.717) is 26.2 Å². The van der Waals surface area contributed by atoms with Crippen LogP contribution in [0.3, 0.4) is 0 Å². The minimum atomic E-state index is -4.04. The van der Waals surface area contributed by atoms with Crippen molar-refractivity contribution in [3.05, 3.63) is 83.4 Å². The van der Waals surface area contributed by atoms with Crippen LogP contribution in [-0.2, 0) is 25.3 Å². The lowest BCUT2D eigenvalue weighted by Crippen LogP contribution is -2.33. The fourth-order valence-electron chi connectivity index (χ4n) is 5.19. The highest BCUT2D eigenvalue weighted by molar-refractivity contribution is 7.91. The zero-order valence-corrected chi connectivity index (χ0v) is 30.1. The molecule has 3 rings (SSSR count). The molecule has 2 amide bonds. The lowest BCUT2D eigenvalue weighted by atomic mass is 9.87. The van der Waals surface area contributed by atoms with Gasteiger partial charge in [-0.05, 0) is 57.5 Å². The predicted molar refractivity (Wildman–Crippen MR) is 183 cm³/mol. The minimum absolute atomic E-state index is 0.0293. The molecule has 0 radical (unpaired) electrons. The van der Waals surface area contributed by atoms with Crippen molar-refractivity contribution in [2.24, 2.45) is 5.14 Å². The molecule has 47 heavy (non-hydrogen) atoms. The number of benzene rings is 3. The Hall–Kier alpha value is -3.94. The van der Waals surface area contributed by atoms with Crippen molar-refractivity contribution < 1.29 is 35.9 Å². The van der Waals surface area contributed by atoms with E-state index < -0.39 is 25.3 Å². The zero-order chi connectivity index (χ0) is 35.6. The highest BCUT2D eigenvalue weighted by Crippen LogP contribution is 2.34. The molecule has 258 valence electrons. The number of carbonyl (C=O) groups excluding carboxylic acids is 2. The van der Waals surface area contributed by atoms with Gasteiger partial charge in [-0.3, -0.25) is 9.59 Å². The molecule has 0 saturated carbocycles. The Morgan fingerprint density at radius 1 is 0.660 bits per heavy atom. The largest absolute Gasteiger partial charge is 0.495 e. The highest BCUT2D eigenvalue weighted by Gasteiger charge is 2.35. The summed E-state index contributed by atoms with van der Waals surface area (Å²) in [7, 11) is -5.10. The number of amides is 2. The Kier molecular flexibility index (Phi) is 14.0. The predicted octanol–water partition coefficient (Wildman–Crippen LogP) is 4.75. The summed E-state index contributed by atoms with van der Waals surface area (Å²) < 4.78 is 60.6. The van der Waals surface area contributed by atoms with Gasteiger partial charge in [-0.25, -0.2) is 22.0 Å². The van der Waals surface area contributed by atoms with Gasteiger partial charge >= 0.3 is 0 Å². The molecular weight excluding hydrogens is 643 g/mol. The Morgan fingerprint density at radius 2 is 1.06 bits per heavy atom. The van der Waals surface area contributed by atoms with Crippen LogP contribution in [0.15, 0.2) is 76.5 Å². The fraction of sp³-hybridized carbons (Fsp3) is 0.412. The van der Waals surface area contributed by atoms with Gasteiger partial charge in [-0.1, -0.05) is 56.3 Å². The van der Waals surface area contributed by atoms with Crippen molar-refractivity contribution in [1.82, 2.24) is 9.80 Å². The van der Waals surface area contributed by atoms with Crippen molar-refractivity contribution in [1.29, 1.82) is 0 Å². The van der Waals surface area contributed by atoms with Gasteiger partial charge in [0.1, 0.15) is 21.3 Å². The number of sulfonamides is 1. The second-order valence-electron chi connectivity index (χ2n) is 11.2. The average Bonchev–Trinajstić information content (AvgIpc) is 3.04. The molecule has 0 atom stereocenters. The molecule has 3 aromatic rings. The van der Waals surface area contributed by atoms with Gasteiger partial charge < -0.3 is 19.3 Å². The smallest absolute Gasteiger partial charge is 0.255 e. The Labute approximate surface area is 279 Å². The number of hydrogen-bond acceptors (Lipinski definition) is 8. The number of nitrogens with two attached hydrogens (primary N) is 1. The molecule has 0 aromatic heterocycles. The Bertz CT molecular complexity index is 1730. The molecule has 0 aliphatic rings. The second-order valence-corrected chi connectivity index (χ2v) is 14.6. The van der Waals surface area contributed by atoms with Gasteiger partial charge in [0.15, 0.2) is 9.84 Å². The third-order valence-electron chi connectivity index (χ3n) is 7.66. The van der Waals surface area contributed by atoms with Gasteiger partial charge in [-0.2, -0.15) is 0 Å². The van der Waals surface area contributed by atoms with E-state index in [-0.39, 0.29) is 50.0 Å². The number of carbonyl (C=O) groups is 2. The molecule has 0 unspecified atom stereocenters. The SMILES string of the molecule is CCN(CC)C(=O)c1cccc(OC)c1S(=O)(=O)CC(C)(C)c1ccccc1.CCN(CC)C(=O)c1cccc(OC)c1S(N)(=O)=O. The maximum atomic E-state index is 13.5. The molecule has 0 spiro atoms. The maximum absolute atomic E-state index is 13.5. The van der Waals surface area contributed by atoms with Gasteiger partial charge in [-0.15, -0.1) is 0 Å². The molecule has 11 nitrogen and oxygen atoms in total. The van der Waals surface area contributed by atoms with Crippen LogP contribution in [0.25, 0.3) is 0 Å². The van der Waals surface area contributed by atoms with Gasteiger partial charge in [0.2, 0.25) is 10.0 Å². The summed E-state index contributed by atoms with van der Waals surface area (Å²) in [4.78, 5) is 28.1. The molecule has 3 aromatic carbocycles. The molecule has 0 fully saturated rings. The van der Waals surface area contributed by atoms with Crippen LogP contribution in [0.2, 0.25) is 0 Å². The van der Waals surface area contributed by atoms with Crippen molar-refractivity contribution in [2.75, 3.05) is 46.2 Å². The van der Waals surface area contributed by atoms with E-state index in [2.05, 4.69) is 0 Å². The van der Waals surface area contributed by atoms with E-state index in [1.807, 2.05) is 71.9 Å². The number of ether oxygens (including phenoxy) is 2. The summed E-state index contributed by atoms with van der Waals surface area (Å²) in [5.74, 6) is -0.557. The van der Waals surface area contributed by atoms with E-state index in [1.54, 1.807) is 29.2 Å². The first-order chi connectivity index (χ1) is 22.0. The van der Waals surface area contributed by atoms with E-state index >= 15 is 0 Å². The van der Waals surface area contributed by atoms with E-state index in [9.17, 15) is 26.4 Å². The fourth-order valence-corrected chi connectivity index (χ4v) is 8.29. The zero-order valence-electron chi connectivity index (χ0n) is 28.4. The second kappa shape index (κ2) is 16.8. The lowest BCUT2D eigenvalue weighted by molar-refractivity contribution is 0.0761. The topological polar surface area (TPSA) is 153 Å². The summed E-state index contributed by atoms with van der Waals surface area (Å²) in [6, 6.07) is 18.8. The summed E-state index contributed by atoms with van der Waals surface area (Å²) in [6.07, 6.45) is 0. The van der Waals surface area contributed by atoms with Crippen molar-refractivity contribution in [3.63, 3.8) is 0 Å². The van der Waals surface area contributed by atoms with Crippen molar-refractivity contribution in [2.45, 2.75) is 56.7 Å². The third kappa shape index (κ3) is 9.55. The molecule has 0 heterocycles. The van der Waals surface area contributed by atoms with Crippen LogP contribution >= 0.6 is 0 Å². The number of rotatable bonds is 13. The van der Waals surface area contributed by atoms with Crippen LogP contribution in [0.1, 0.15) is 67.8 Å². The molecule has 0 aliphatic carbocycles. The Morgan fingerprint density at radius 3 is 1.45 bits per heavy atom. The van der Waals surface area contributed by atoms with Crippen LogP contribution in [-0.4, -0.2) is 84.6 Å². The molecule has 0 aliphatic heterocycles. The standard InChI is InChI=1S/C22H29NO4S.C12H18N2O4S/c1-6-23(7-2)21(24)18-14-11-15-19(27-5)20(18)28(25,26)16-22(3,4)17-12-9-8-10-13-17;1-4-14(5-2)12(15)9-7-6-8-10(18-3)11(9)19(13,16)17/h8-15H,6-7,16H2,1-5H3;6-8H,4-5H2,1-3H3,(H2,13,16,17). The van der Waals surface area contributed by atoms with Crippen molar-refractivity contribution >= 4 is 31.7 Å². The first kappa shape index (κ1) is 39.2. The molecular formula is C34H47N3O8S2. The van der Waals surface area contributed by atoms with Gasteiger partial charge in [0.05, 0.1) is 31.1 Å². The van der Waals surface area contributed by atoms with E-state index in [4.69, 9.17) is 14.6 Å². The first-order valence-corrected chi connectivity index (χ1v) is 18.5.